The summed E-state index contributed by atoms with van der Waals surface area (Å²) in [7, 11) is 0. The van der Waals surface area contributed by atoms with Gasteiger partial charge in [0, 0.05) is 5.02 Å². The summed E-state index contributed by atoms with van der Waals surface area (Å²) in [5, 5.41) is 0.334. The third-order valence-electron chi connectivity index (χ3n) is 1.37. The molecule has 0 spiro atoms. The number of halogens is 2. The zero-order valence-electron chi connectivity index (χ0n) is 6.80. The van der Waals surface area contributed by atoms with Crippen molar-refractivity contribution < 1.29 is 4.39 Å². The van der Waals surface area contributed by atoms with Gasteiger partial charge >= 0.3 is 0 Å². The van der Waals surface area contributed by atoms with E-state index in [0.29, 0.717) is 10.6 Å². The van der Waals surface area contributed by atoms with Crippen LogP contribution in [0.4, 0.5) is 4.39 Å². The molecule has 3 nitrogen and oxygen atoms in total. The van der Waals surface area contributed by atoms with Gasteiger partial charge in [0.15, 0.2) is 5.96 Å². The summed E-state index contributed by atoms with van der Waals surface area (Å²) in [6.45, 7) is 0.236. The monoisotopic (exact) mass is 201 g/mol. The van der Waals surface area contributed by atoms with E-state index in [2.05, 4.69) is 4.99 Å². The van der Waals surface area contributed by atoms with Crippen LogP contribution in [0.25, 0.3) is 0 Å². The van der Waals surface area contributed by atoms with E-state index in [1.807, 2.05) is 0 Å². The average Bonchev–Trinajstić information content (AvgIpc) is 1.99. The summed E-state index contributed by atoms with van der Waals surface area (Å²) in [6, 6.07) is 4.16. The van der Waals surface area contributed by atoms with Crippen molar-refractivity contribution in [2.75, 3.05) is 0 Å². The van der Waals surface area contributed by atoms with E-state index in [4.69, 9.17) is 23.1 Å². The predicted molar refractivity (Wildman–Crippen MR) is 50.9 cm³/mol. The fraction of sp³-hybridized carbons (Fsp3) is 0.125. The average molecular weight is 202 g/mol. The molecule has 0 bridgehead atoms. The molecule has 1 aromatic carbocycles. The van der Waals surface area contributed by atoms with Crippen molar-refractivity contribution >= 4 is 17.6 Å². The summed E-state index contributed by atoms with van der Waals surface area (Å²) in [5.41, 5.74) is 10.9. The first-order chi connectivity index (χ1) is 6.08. The molecule has 0 amide bonds. The predicted octanol–water partition coefficient (Wildman–Crippen LogP) is 1.25. The Bertz CT molecular complexity index is 314. The van der Waals surface area contributed by atoms with Crippen LogP contribution in [-0.4, -0.2) is 5.96 Å². The lowest BCUT2D eigenvalue weighted by molar-refractivity contribution is 0.625. The smallest absolute Gasteiger partial charge is 0.186 e. The highest BCUT2D eigenvalue weighted by atomic mass is 35.5. The molecule has 0 unspecified atom stereocenters. The van der Waals surface area contributed by atoms with E-state index in [1.165, 1.54) is 12.1 Å². The highest BCUT2D eigenvalue weighted by Crippen LogP contribution is 2.14. The van der Waals surface area contributed by atoms with Crippen molar-refractivity contribution in [3.05, 3.63) is 34.6 Å². The summed E-state index contributed by atoms with van der Waals surface area (Å²) in [5.74, 6) is -0.423. The maximum Gasteiger partial charge on any atom is 0.186 e. The third-order valence-corrected chi connectivity index (χ3v) is 1.58. The number of rotatable bonds is 2. The summed E-state index contributed by atoms with van der Waals surface area (Å²) >= 11 is 5.61. The number of hydrogen-bond donors (Lipinski definition) is 2. The van der Waals surface area contributed by atoms with E-state index >= 15 is 0 Å². The highest BCUT2D eigenvalue weighted by Gasteiger charge is 1.98. The number of aliphatic imine (C=N–C) groups is 1. The van der Waals surface area contributed by atoms with Crippen LogP contribution < -0.4 is 11.5 Å². The molecule has 0 saturated heterocycles. The van der Waals surface area contributed by atoms with Gasteiger partial charge in [-0.25, -0.2) is 9.38 Å². The second-order valence-electron chi connectivity index (χ2n) is 2.52. The van der Waals surface area contributed by atoms with Gasteiger partial charge in [-0.2, -0.15) is 0 Å². The van der Waals surface area contributed by atoms with Gasteiger partial charge in [-0.15, -0.1) is 0 Å². The van der Waals surface area contributed by atoms with E-state index in [0.717, 1.165) is 0 Å². The quantitative estimate of drug-likeness (QED) is 0.559. The van der Waals surface area contributed by atoms with Crippen LogP contribution in [-0.2, 0) is 6.54 Å². The molecule has 0 aliphatic carbocycles. The Hall–Kier alpha value is -1.29. The molecule has 1 aromatic rings. The fourth-order valence-electron chi connectivity index (χ4n) is 0.885. The number of nitrogens with two attached hydrogens (primary N) is 2. The molecule has 0 saturated carbocycles. The first-order valence-electron chi connectivity index (χ1n) is 3.58. The Balaban J connectivity index is 2.83. The van der Waals surface area contributed by atoms with Crippen molar-refractivity contribution in [1.29, 1.82) is 0 Å². The minimum atomic E-state index is -0.395. The second kappa shape index (κ2) is 4.09. The SMILES string of the molecule is NC(N)=NCc1cc(F)cc(Cl)c1. The van der Waals surface area contributed by atoms with Gasteiger partial charge in [0.1, 0.15) is 5.82 Å². The van der Waals surface area contributed by atoms with E-state index < -0.39 is 5.82 Å². The molecule has 0 heterocycles. The normalized spacial score (nSPS) is 9.69. The van der Waals surface area contributed by atoms with Crippen molar-refractivity contribution in [3.8, 4) is 0 Å². The van der Waals surface area contributed by atoms with Crippen LogP contribution in [0.1, 0.15) is 5.56 Å². The largest absolute Gasteiger partial charge is 0.370 e. The summed E-state index contributed by atoms with van der Waals surface area (Å²) < 4.78 is 12.8. The Morgan fingerprint density at radius 2 is 2.08 bits per heavy atom. The molecule has 0 aromatic heterocycles. The van der Waals surface area contributed by atoms with Crippen LogP contribution in [0.2, 0.25) is 5.02 Å². The van der Waals surface area contributed by atoms with Crippen molar-refractivity contribution in [2.45, 2.75) is 6.54 Å². The lowest BCUT2D eigenvalue weighted by atomic mass is 10.2. The maximum atomic E-state index is 12.8. The minimum absolute atomic E-state index is 0.0274. The van der Waals surface area contributed by atoms with Crippen LogP contribution in [0.5, 0.6) is 0 Å². The van der Waals surface area contributed by atoms with Crippen molar-refractivity contribution in [3.63, 3.8) is 0 Å². The summed E-state index contributed by atoms with van der Waals surface area (Å²) in [6.07, 6.45) is 0. The topological polar surface area (TPSA) is 64.4 Å². The first-order valence-corrected chi connectivity index (χ1v) is 3.96. The molecule has 0 radical (unpaired) electrons. The highest BCUT2D eigenvalue weighted by molar-refractivity contribution is 6.30. The lowest BCUT2D eigenvalue weighted by Crippen LogP contribution is -2.22. The number of benzene rings is 1. The van der Waals surface area contributed by atoms with Gasteiger partial charge in [-0.3, -0.25) is 0 Å². The molecule has 0 aliphatic heterocycles. The molecule has 1 rings (SSSR count). The molecule has 5 heteroatoms. The van der Waals surface area contributed by atoms with Crippen molar-refractivity contribution in [2.24, 2.45) is 16.5 Å². The Morgan fingerprint density at radius 1 is 1.38 bits per heavy atom. The molecule has 0 atom stereocenters. The van der Waals surface area contributed by atoms with Gasteiger partial charge in [-0.05, 0) is 23.8 Å². The number of guanidine groups is 1. The van der Waals surface area contributed by atoms with Crippen LogP contribution in [0, 0.1) is 5.82 Å². The lowest BCUT2D eigenvalue weighted by Gasteiger charge is -1.98. The molecule has 4 N–H and O–H groups in total. The molecular formula is C8H9ClFN3. The first kappa shape index (κ1) is 9.80. The third kappa shape index (κ3) is 3.29. The van der Waals surface area contributed by atoms with Crippen LogP contribution in [0.3, 0.4) is 0 Å². The van der Waals surface area contributed by atoms with Gasteiger partial charge in [0.25, 0.3) is 0 Å². The Kier molecular flexibility index (Phi) is 3.08. The molecule has 70 valence electrons. The molecule has 0 fully saturated rings. The van der Waals surface area contributed by atoms with E-state index in [-0.39, 0.29) is 12.5 Å². The van der Waals surface area contributed by atoms with Gasteiger partial charge in [0.05, 0.1) is 6.54 Å². The fourth-order valence-corrected chi connectivity index (χ4v) is 1.13. The number of nitrogens with zero attached hydrogens (tertiary/aromatic N) is 1. The number of hydrogen-bond acceptors (Lipinski definition) is 1. The molecule has 13 heavy (non-hydrogen) atoms. The zero-order chi connectivity index (χ0) is 9.84. The van der Waals surface area contributed by atoms with E-state index in [9.17, 15) is 4.39 Å². The Morgan fingerprint density at radius 3 is 2.62 bits per heavy atom. The van der Waals surface area contributed by atoms with Crippen LogP contribution in [0.15, 0.2) is 23.2 Å². The Labute approximate surface area is 80.2 Å². The van der Waals surface area contributed by atoms with Crippen LogP contribution >= 0.6 is 11.6 Å². The summed E-state index contributed by atoms with van der Waals surface area (Å²) in [4.78, 5) is 3.72. The van der Waals surface area contributed by atoms with Gasteiger partial charge in [-0.1, -0.05) is 11.6 Å². The van der Waals surface area contributed by atoms with Gasteiger partial charge in [0.2, 0.25) is 0 Å². The van der Waals surface area contributed by atoms with Gasteiger partial charge < -0.3 is 11.5 Å². The molecular weight excluding hydrogens is 193 g/mol. The molecule has 0 aliphatic rings. The second-order valence-corrected chi connectivity index (χ2v) is 2.96. The van der Waals surface area contributed by atoms with E-state index in [1.54, 1.807) is 6.07 Å². The standard InChI is InChI=1S/C8H9ClFN3/c9-6-1-5(2-7(10)3-6)4-13-8(11)12/h1-3H,4H2,(H4,11,12,13). The zero-order valence-corrected chi connectivity index (χ0v) is 7.55. The minimum Gasteiger partial charge on any atom is -0.370 e. The van der Waals surface area contributed by atoms with Crippen molar-refractivity contribution in [1.82, 2.24) is 0 Å². The maximum absolute atomic E-state index is 12.8.